The normalized spacial score (nSPS) is 15.1. The quantitative estimate of drug-likeness (QED) is 0.938. The van der Waals surface area contributed by atoms with E-state index in [9.17, 15) is 9.59 Å². The van der Waals surface area contributed by atoms with Crippen molar-refractivity contribution in [1.82, 2.24) is 10.2 Å². The fraction of sp³-hybridized carbons (Fsp3) is 0.300. The second-order valence-corrected chi connectivity index (χ2v) is 6.19. The van der Waals surface area contributed by atoms with Crippen LogP contribution in [0.25, 0.3) is 0 Å². The lowest BCUT2D eigenvalue weighted by Gasteiger charge is -2.17. The van der Waals surface area contributed by atoms with Crippen LogP contribution in [0.15, 0.2) is 54.6 Å². The molecule has 0 radical (unpaired) electrons. The minimum atomic E-state index is -0.164. The van der Waals surface area contributed by atoms with Crippen molar-refractivity contribution in [3.8, 4) is 0 Å². The van der Waals surface area contributed by atoms with E-state index >= 15 is 0 Å². The number of amides is 2. The van der Waals surface area contributed by atoms with E-state index in [4.69, 9.17) is 0 Å². The van der Waals surface area contributed by atoms with Gasteiger partial charge < -0.3 is 10.2 Å². The third-order valence-electron chi connectivity index (χ3n) is 4.41. The zero-order valence-corrected chi connectivity index (χ0v) is 13.9. The van der Waals surface area contributed by atoms with Crippen molar-refractivity contribution < 1.29 is 9.59 Å². The van der Waals surface area contributed by atoms with E-state index in [1.165, 1.54) is 0 Å². The molecule has 1 atom stereocenters. The number of carbonyl (C=O) groups is 2. The summed E-state index contributed by atoms with van der Waals surface area (Å²) in [6.45, 7) is 3.56. The molecule has 0 spiro atoms. The molecule has 4 heteroatoms. The first-order valence-electron chi connectivity index (χ1n) is 8.40. The zero-order valence-electron chi connectivity index (χ0n) is 13.9. The molecule has 1 saturated heterocycles. The number of rotatable bonds is 4. The smallest absolute Gasteiger partial charge is 0.253 e. The Morgan fingerprint density at radius 1 is 0.958 bits per heavy atom. The second-order valence-electron chi connectivity index (χ2n) is 6.19. The van der Waals surface area contributed by atoms with Crippen LogP contribution in [0, 0.1) is 0 Å². The molecule has 1 unspecified atom stereocenters. The molecule has 124 valence electrons. The van der Waals surface area contributed by atoms with Crippen LogP contribution in [0.3, 0.4) is 0 Å². The Labute approximate surface area is 142 Å². The molecule has 1 aliphatic rings. The van der Waals surface area contributed by atoms with Crippen LogP contribution in [0.1, 0.15) is 52.1 Å². The number of likely N-dealkylation sites (tertiary alicyclic amines) is 1. The summed E-state index contributed by atoms with van der Waals surface area (Å²) >= 11 is 0. The summed E-state index contributed by atoms with van der Waals surface area (Å²) in [6.07, 6.45) is 2.11. The lowest BCUT2D eigenvalue weighted by Crippen LogP contribution is -2.29. The topological polar surface area (TPSA) is 49.4 Å². The van der Waals surface area contributed by atoms with Gasteiger partial charge in [-0.25, -0.2) is 0 Å². The highest BCUT2D eigenvalue weighted by molar-refractivity contribution is 5.99. The number of nitrogens with zero attached hydrogens (tertiary/aromatic N) is 1. The average Bonchev–Trinajstić information content (AvgIpc) is 3.16. The highest BCUT2D eigenvalue weighted by Crippen LogP contribution is 2.16. The van der Waals surface area contributed by atoms with Gasteiger partial charge >= 0.3 is 0 Å². The van der Waals surface area contributed by atoms with E-state index in [0.29, 0.717) is 11.1 Å². The summed E-state index contributed by atoms with van der Waals surface area (Å²) in [5.41, 5.74) is 2.15. The molecular formula is C20H22N2O2. The van der Waals surface area contributed by atoms with Crippen molar-refractivity contribution in [2.75, 3.05) is 13.1 Å². The van der Waals surface area contributed by atoms with Gasteiger partial charge in [-0.05, 0) is 43.5 Å². The standard InChI is InChI=1S/C20H22N2O2/c1-15(16-8-3-2-4-9-16)21-19(23)17-10-7-11-18(14-17)20(24)22-12-5-6-13-22/h2-4,7-11,14-15H,5-6,12-13H2,1H3,(H,21,23). The van der Waals surface area contributed by atoms with Gasteiger partial charge in [0, 0.05) is 24.2 Å². The zero-order chi connectivity index (χ0) is 16.9. The maximum absolute atomic E-state index is 12.5. The molecule has 24 heavy (non-hydrogen) atoms. The van der Waals surface area contributed by atoms with Gasteiger partial charge in [0.25, 0.3) is 11.8 Å². The van der Waals surface area contributed by atoms with Crippen molar-refractivity contribution in [2.24, 2.45) is 0 Å². The van der Waals surface area contributed by atoms with E-state index in [0.717, 1.165) is 31.5 Å². The molecule has 2 aromatic carbocycles. The Bertz CT molecular complexity index is 721. The van der Waals surface area contributed by atoms with E-state index in [-0.39, 0.29) is 17.9 Å². The summed E-state index contributed by atoms with van der Waals surface area (Å²) in [5.74, 6) is -0.152. The Kier molecular flexibility index (Phi) is 4.94. The molecule has 2 aromatic rings. The van der Waals surface area contributed by atoms with Crippen molar-refractivity contribution >= 4 is 11.8 Å². The van der Waals surface area contributed by atoms with Gasteiger partial charge in [-0.3, -0.25) is 9.59 Å². The first-order valence-corrected chi connectivity index (χ1v) is 8.40. The first-order chi connectivity index (χ1) is 11.6. The number of hydrogen-bond donors (Lipinski definition) is 1. The number of hydrogen-bond acceptors (Lipinski definition) is 2. The van der Waals surface area contributed by atoms with Crippen molar-refractivity contribution in [1.29, 1.82) is 0 Å². The molecule has 1 N–H and O–H groups in total. The third kappa shape index (κ3) is 3.65. The maximum atomic E-state index is 12.5. The number of benzene rings is 2. The molecule has 0 aliphatic carbocycles. The minimum Gasteiger partial charge on any atom is -0.346 e. The predicted octanol–water partition coefficient (Wildman–Crippen LogP) is 3.41. The largest absolute Gasteiger partial charge is 0.346 e. The van der Waals surface area contributed by atoms with Crippen LogP contribution < -0.4 is 5.32 Å². The van der Waals surface area contributed by atoms with E-state index < -0.39 is 0 Å². The Morgan fingerprint density at radius 2 is 1.62 bits per heavy atom. The highest BCUT2D eigenvalue weighted by atomic mass is 16.2. The monoisotopic (exact) mass is 322 g/mol. The lowest BCUT2D eigenvalue weighted by atomic mass is 10.1. The van der Waals surface area contributed by atoms with Gasteiger partial charge in [0.1, 0.15) is 0 Å². The summed E-state index contributed by atoms with van der Waals surface area (Å²) in [7, 11) is 0. The summed E-state index contributed by atoms with van der Waals surface area (Å²) in [5, 5.41) is 2.98. The molecule has 4 nitrogen and oxygen atoms in total. The molecule has 1 fully saturated rings. The molecule has 2 amide bonds. The van der Waals surface area contributed by atoms with Crippen LogP contribution in [0.2, 0.25) is 0 Å². The van der Waals surface area contributed by atoms with Crippen molar-refractivity contribution in [2.45, 2.75) is 25.8 Å². The lowest BCUT2D eigenvalue weighted by molar-refractivity contribution is 0.0793. The SMILES string of the molecule is CC(NC(=O)c1cccc(C(=O)N2CCCC2)c1)c1ccccc1. The van der Waals surface area contributed by atoms with Gasteiger partial charge in [-0.2, -0.15) is 0 Å². The molecule has 1 heterocycles. The first kappa shape index (κ1) is 16.2. The molecule has 0 saturated carbocycles. The van der Waals surface area contributed by atoms with Crippen LogP contribution in [0.5, 0.6) is 0 Å². The Balaban J connectivity index is 1.71. The van der Waals surface area contributed by atoms with Crippen molar-refractivity contribution in [3.05, 3.63) is 71.3 Å². The molecule has 0 aromatic heterocycles. The van der Waals surface area contributed by atoms with E-state index in [1.54, 1.807) is 24.3 Å². The second kappa shape index (κ2) is 7.30. The van der Waals surface area contributed by atoms with Gasteiger partial charge in [0.2, 0.25) is 0 Å². The Morgan fingerprint density at radius 3 is 2.33 bits per heavy atom. The number of nitrogens with one attached hydrogen (secondary N) is 1. The maximum Gasteiger partial charge on any atom is 0.253 e. The predicted molar refractivity (Wildman–Crippen MR) is 93.9 cm³/mol. The minimum absolute atomic E-state index is 0.0123. The van der Waals surface area contributed by atoms with Crippen LogP contribution in [0.4, 0.5) is 0 Å². The fourth-order valence-electron chi connectivity index (χ4n) is 3.00. The molecule has 1 aliphatic heterocycles. The van der Waals surface area contributed by atoms with Crippen LogP contribution in [-0.4, -0.2) is 29.8 Å². The summed E-state index contributed by atoms with van der Waals surface area (Å²) in [6, 6.07) is 16.7. The van der Waals surface area contributed by atoms with Crippen LogP contribution in [-0.2, 0) is 0 Å². The van der Waals surface area contributed by atoms with Gasteiger partial charge in [0.15, 0.2) is 0 Å². The van der Waals surface area contributed by atoms with Crippen molar-refractivity contribution in [3.63, 3.8) is 0 Å². The number of carbonyl (C=O) groups excluding carboxylic acids is 2. The Hall–Kier alpha value is -2.62. The molecular weight excluding hydrogens is 300 g/mol. The molecule has 3 rings (SSSR count). The van der Waals surface area contributed by atoms with Gasteiger partial charge in [-0.1, -0.05) is 36.4 Å². The summed E-state index contributed by atoms with van der Waals surface area (Å²) < 4.78 is 0. The van der Waals surface area contributed by atoms with Crippen LogP contribution >= 0.6 is 0 Å². The van der Waals surface area contributed by atoms with Gasteiger partial charge in [0.05, 0.1) is 6.04 Å². The van der Waals surface area contributed by atoms with Gasteiger partial charge in [-0.15, -0.1) is 0 Å². The van der Waals surface area contributed by atoms with E-state index in [2.05, 4.69) is 5.32 Å². The third-order valence-corrected chi connectivity index (χ3v) is 4.41. The summed E-state index contributed by atoms with van der Waals surface area (Å²) in [4.78, 5) is 26.8. The highest BCUT2D eigenvalue weighted by Gasteiger charge is 2.20. The average molecular weight is 322 g/mol. The van der Waals surface area contributed by atoms with E-state index in [1.807, 2.05) is 42.2 Å². The fourth-order valence-corrected chi connectivity index (χ4v) is 3.00. The molecule has 0 bridgehead atoms.